The molecule has 3 atom stereocenters. The van der Waals surface area contributed by atoms with Crippen molar-refractivity contribution >= 4 is 13.5 Å². The average Bonchev–Trinajstić information content (AvgIpc) is 2.24. The van der Waals surface area contributed by atoms with Crippen LogP contribution in [0.15, 0.2) is 11.4 Å². The molecule has 0 aliphatic heterocycles. The summed E-state index contributed by atoms with van der Waals surface area (Å²) in [6, 6.07) is -0.508. The van der Waals surface area contributed by atoms with Crippen LogP contribution in [0.4, 0.5) is 0 Å². The molecule has 0 unspecified atom stereocenters. The van der Waals surface area contributed by atoms with E-state index in [1.807, 2.05) is 6.92 Å². The van der Waals surface area contributed by atoms with Crippen molar-refractivity contribution in [3.63, 3.8) is 0 Å². The molecule has 0 saturated heterocycles. The first kappa shape index (κ1) is 21.5. The Morgan fingerprint density at radius 2 is 2.10 bits per heavy atom. The summed E-state index contributed by atoms with van der Waals surface area (Å²) in [4.78, 5) is 32.9. The molecule has 0 aromatic rings. The zero-order valence-electron chi connectivity index (χ0n) is 12.6. The third-order valence-electron chi connectivity index (χ3n) is 3.32. The molecule has 1 aliphatic rings. The summed E-state index contributed by atoms with van der Waals surface area (Å²) in [5.41, 5.74) is 5.93. The Morgan fingerprint density at radius 1 is 1.55 bits per heavy atom. The highest BCUT2D eigenvalue weighted by Crippen LogP contribution is 2.43. The molecule has 11 N–H and O–H groups in total. The summed E-state index contributed by atoms with van der Waals surface area (Å²) in [7, 11) is -4.68. The van der Waals surface area contributed by atoms with E-state index >= 15 is 0 Å². The van der Waals surface area contributed by atoms with Gasteiger partial charge in [-0.3, -0.25) is 4.79 Å². The fourth-order valence-electron chi connectivity index (χ4n) is 2.38. The molecule has 9 heteroatoms. The zero-order chi connectivity index (χ0) is 13.9. The van der Waals surface area contributed by atoms with Crippen LogP contribution in [-0.4, -0.2) is 18.0 Å². The number of carbonyl (C=O) groups is 1. The lowest BCUT2D eigenvalue weighted by Crippen LogP contribution is -2.48. The Balaban J connectivity index is 0. The first-order valence-corrected chi connectivity index (χ1v) is 7.54. The summed E-state index contributed by atoms with van der Waals surface area (Å²) in [6.07, 6.45) is 2.63. The zero-order valence-corrected chi connectivity index (χ0v) is 13.5. The van der Waals surface area contributed by atoms with E-state index in [4.69, 9.17) is 5.73 Å². The Morgan fingerprint density at radius 3 is 2.45 bits per heavy atom. The van der Waals surface area contributed by atoms with E-state index in [-0.39, 0.29) is 41.9 Å². The van der Waals surface area contributed by atoms with Crippen molar-refractivity contribution in [3.8, 4) is 0 Å². The van der Waals surface area contributed by atoms with Gasteiger partial charge >= 0.3 is 0 Å². The maximum atomic E-state index is 11.1. The van der Waals surface area contributed by atoms with Crippen LogP contribution in [-0.2, 0) is 9.36 Å². The molecule has 8 nitrogen and oxygen atoms in total. The first-order valence-electron chi connectivity index (χ1n) is 6.00. The van der Waals surface area contributed by atoms with Gasteiger partial charge in [0.25, 0.3) is 0 Å². The lowest BCUT2D eigenvalue weighted by molar-refractivity contribution is -0.310. The van der Waals surface area contributed by atoms with E-state index < -0.39 is 13.6 Å². The maximum Gasteiger partial charge on any atom is 0.217 e. The minimum atomic E-state index is -4.68. The molecule has 0 bridgehead atoms. The summed E-state index contributed by atoms with van der Waals surface area (Å²) in [5, 5.41) is 2.70. The molecule has 0 aromatic carbocycles. The summed E-state index contributed by atoms with van der Waals surface area (Å²) in [6.45, 7) is 3.36. The second kappa shape index (κ2) is 8.51. The number of rotatable bonds is 4. The number of hydrogen-bond acceptors (Lipinski definition) is 5. The maximum absolute atomic E-state index is 11.1. The van der Waals surface area contributed by atoms with Crippen molar-refractivity contribution in [2.24, 2.45) is 11.7 Å². The number of nitrogens with two attached hydrogens (primary N) is 1. The van der Waals surface area contributed by atoms with Gasteiger partial charge in [-0.05, 0) is 38.1 Å². The van der Waals surface area contributed by atoms with E-state index in [2.05, 4.69) is 5.32 Å². The topological polar surface area (TPSA) is 191 Å². The summed E-state index contributed by atoms with van der Waals surface area (Å²) < 4.78 is 10.9. The van der Waals surface area contributed by atoms with Gasteiger partial charge in [0.2, 0.25) is 5.91 Å². The average molecular weight is 310 g/mol. The number of carbonyl (C=O) groups excluding carboxylic acids is 1. The van der Waals surface area contributed by atoms with Gasteiger partial charge in [0, 0.05) is 19.0 Å². The second-order valence-corrected chi connectivity index (χ2v) is 6.25. The first-order chi connectivity index (χ1) is 8.25. The quantitative estimate of drug-likeness (QED) is 0.537. The molecular formula is C11H27N4O4P. The van der Waals surface area contributed by atoms with Gasteiger partial charge in [-0.1, -0.05) is 13.0 Å². The third kappa shape index (κ3) is 5.70. The van der Waals surface area contributed by atoms with E-state index in [1.54, 1.807) is 0 Å². The Labute approximate surface area is 119 Å². The van der Waals surface area contributed by atoms with Crippen LogP contribution in [0.5, 0.6) is 0 Å². The SMILES string of the molecule is CC[C@H](NC(C)=O)[C@H]1CC=C(P(=O)([O-])[O-])C[C@@H]1N.[NH4+].[NH4+]. The van der Waals surface area contributed by atoms with Gasteiger partial charge in [0.05, 0.1) is 0 Å². The minimum Gasteiger partial charge on any atom is -0.808 e. The molecule has 1 aliphatic carbocycles. The van der Waals surface area contributed by atoms with Crippen LogP contribution < -0.4 is 33.1 Å². The Bertz CT molecular complexity index is 396. The van der Waals surface area contributed by atoms with Crippen LogP contribution in [0.3, 0.4) is 0 Å². The van der Waals surface area contributed by atoms with Gasteiger partial charge in [-0.25, -0.2) is 0 Å². The van der Waals surface area contributed by atoms with Gasteiger partial charge in [-0.2, -0.15) is 0 Å². The molecule has 20 heavy (non-hydrogen) atoms. The second-order valence-electron chi connectivity index (χ2n) is 4.68. The lowest BCUT2D eigenvalue weighted by Gasteiger charge is -2.40. The molecular weight excluding hydrogens is 283 g/mol. The minimum absolute atomic E-state index is 0. The molecule has 120 valence electrons. The molecule has 1 rings (SSSR count). The van der Waals surface area contributed by atoms with Crippen molar-refractivity contribution in [1.82, 2.24) is 17.6 Å². The number of nitrogens with one attached hydrogen (secondary N) is 1. The molecule has 0 aromatic heterocycles. The normalized spacial score (nSPS) is 23.8. The van der Waals surface area contributed by atoms with E-state index in [1.165, 1.54) is 13.0 Å². The van der Waals surface area contributed by atoms with E-state index in [0.29, 0.717) is 12.8 Å². The summed E-state index contributed by atoms with van der Waals surface area (Å²) in [5.74, 6) is -0.170. The van der Waals surface area contributed by atoms with Gasteiger partial charge < -0.3 is 37.7 Å². The van der Waals surface area contributed by atoms with Crippen molar-refractivity contribution in [2.45, 2.75) is 45.2 Å². The molecule has 0 radical (unpaired) electrons. The Hall–Kier alpha value is -0.760. The van der Waals surface area contributed by atoms with Crippen molar-refractivity contribution in [3.05, 3.63) is 11.4 Å². The van der Waals surface area contributed by atoms with Crippen LogP contribution in [0.2, 0.25) is 0 Å². The molecule has 0 saturated carbocycles. The number of hydrogen-bond donors (Lipinski definition) is 4. The fourth-order valence-corrected chi connectivity index (χ4v) is 3.15. The monoisotopic (exact) mass is 310 g/mol. The fraction of sp³-hybridized carbons (Fsp3) is 0.727. The van der Waals surface area contributed by atoms with Crippen LogP contribution >= 0.6 is 7.60 Å². The third-order valence-corrected chi connectivity index (χ3v) is 4.39. The van der Waals surface area contributed by atoms with Gasteiger partial charge in [-0.15, -0.1) is 0 Å². The number of quaternary nitrogens is 2. The highest BCUT2D eigenvalue weighted by molar-refractivity contribution is 7.53. The van der Waals surface area contributed by atoms with E-state index in [9.17, 15) is 19.1 Å². The molecule has 0 spiro atoms. The van der Waals surface area contributed by atoms with E-state index in [0.717, 1.165) is 0 Å². The van der Waals surface area contributed by atoms with Crippen molar-refractivity contribution < 1.29 is 19.1 Å². The van der Waals surface area contributed by atoms with Crippen LogP contribution in [0.1, 0.15) is 33.1 Å². The highest BCUT2D eigenvalue weighted by atomic mass is 31.2. The predicted molar refractivity (Wildman–Crippen MR) is 76.3 cm³/mol. The largest absolute Gasteiger partial charge is 0.808 e. The Kier molecular flexibility index (Phi) is 9.16. The highest BCUT2D eigenvalue weighted by Gasteiger charge is 2.30. The molecule has 1 amide bonds. The number of allylic oxidation sites excluding steroid dienone is 1. The van der Waals surface area contributed by atoms with Crippen LogP contribution in [0, 0.1) is 5.92 Å². The standard InChI is InChI=1S/C11H21N2O4P.2H3N/c1-3-11(13-7(2)14)9-5-4-8(6-10(9)12)18(15,16)17;;/h4,9-11H,3,5-6,12H2,1-2H3,(H,13,14)(H2,15,16,17);2*1H3/t9-,10-,11-;;/m0../s1. The number of amides is 1. The van der Waals surface area contributed by atoms with Gasteiger partial charge in [0.15, 0.2) is 0 Å². The lowest BCUT2D eigenvalue weighted by atomic mass is 9.82. The van der Waals surface area contributed by atoms with Crippen LogP contribution in [0.25, 0.3) is 0 Å². The van der Waals surface area contributed by atoms with Crippen molar-refractivity contribution in [2.75, 3.05) is 0 Å². The molecule has 0 heterocycles. The van der Waals surface area contributed by atoms with Gasteiger partial charge in [0.1, 0.15) is 0 Å². The molecule has 0 fully saturated rings. The predicted octanol–water partition coefficient (Wildman–Crippen LogP) is 0.188. The smallest absolute Gasteiger partial charge is 0.217 e. The van der Waals surface area contributed by atoms with Crippen molar-refractivity contribution in [1.29, 1.82) is 0 Å². The summed E-state index contributed by atoms with van der Waals surface area (Å²) >= 11 is 0.